The predicted molar refractivity (Wildman–Crippen MR) is 80.1 cm³/mol. The van der Waals surface area contributed by atoms with Gasteiger partial charge in [0, 0.05) is 23.4 Å². The molecule has 0 aliphatic rings. The first-order chi connectivity index (χ1) is 10.9. The van der Waals surface area contributed by atoms with Gasteiger partial charge in [0.2, 0.25) is 0 Å². The van der Waals surface area contributed by atoms with E-state index < -0.39 is 19.1 Å². The Balaban J connectivity index is 2.35. The highest BCUT2D eigenvalue weighted by molar-refractivity contribution is 5.81. The van der Waals surface area contributed by atoms with Gasteiger partial charge in [0.15, 0.2) is 0 Å². The van der Waals surface area contributed by atoms with Gasteiger partial charge in [-0.2, -0.15) is 0 Å². The Labute approximate surface area is 131 Å². The number of benzene rings is 2. The number of anilines is 1. The summed E-state index contributed by atoms with van der Waals surface area (Å²) in [5, 5.41) is 21.1. The normalized spacial score (nSPS) is 12.7. The summed E-state index contributed by atoms with van der Waals surface area (Å²) in [6, 6.07) is 12.5. The van der Waals surface area contributed by atoms with Gasteiger partial charge in [-0.3, -0.25) is 0 Å². The molecule has 0 aromatic heterocycles. The average Bonchev–Trinajstić information content (AvgIpc) is 2.52. The Morgan fingerprint density at radius 2 is 1.61 bits per heavy atom. The van der Waals surface area contributed by atoms with Crippen LogP contribution in [0, 0.1) is 0 Å². The molecule has 0 fully saturated rings. The number of aliphatic hydroxyl groups is 2. The van der Waals surface area contributed by atoms with Crippen molar-refractivity contribution in [3.8, 4) is 16.9 Å². The number of para-hydroxylation sites is 2. The van der Waals surface area contributed by atoms with E-state index in [0.29, 0.717) is 11.3 Å². The molecule has 0 aliphatic heterocycles. The van der Waals surface area contributed by atoms with Crippen LogP contribution in [0.25, 0.3) is 11.1 Å². The molecule has 124 valence electrons. The van der Waals surface area contributed by atoms with Crippen LogP contribution in [0.2, 0.25) is 0 Å². The lowest BCUT2D eigenvalue weighted by Gasteiger charge is -2.17. The minimum absolute atomic E-state index is 0.0653. The van der Waals surface area contributed by atoms with E-state index in [1.54, 1.807) is 30.3 Å². The van der Waals surface area contributed by atoms with Crippen molar-refractivity contribution in [2.24, 2.45) is 0 Å². The van der Waals surface area contributed by atoms with E-state index >= 15 is 0 Å². The number of ether oxygens (including phenoxy) is 1. The van der Waals surface area contributed by atoms with Crippen molar-refractivity contribution in [3.05, 3.63) is 48.5 Å². The van der Waals surface area contributed by atoms with E-state index in [0.717, 1.165) is 0 Å². The molecule has 3 N–H and O–H groups in total. The number of aliphatic hydroxyl groups excluding tert-OH is 2. The second-order valence-electron chi connectivity index (χ2n) is 4.81. The molecule has 0 aliphatic carbocycles. The molecule has 0 heterocycles. The van der Waals surface area contributed by atoms with Gasteiger partial charge in [-0.1, -0.05) is 36.4 Å². The molecule has 23 heavy (non-hydrogen) atoms. The van der Waals surface area contributed by atoms with E-state index in [4.69, 9.17) is 5.11 Å². The maximum Gasteiger partial charge on any atom is 0.573 e. The summed E-state index contributed by atoms with van der Waals surface area (Å²) in [6.07, 6.45) is -5.75. The molecule has 0 radical (unpaired) electrons. The molecule has 2 rings (SSSR count). The highest BCUT2D eigenvalue weighted by Gasteiger charge is 2.32. The van der Waals surface area contributed by atoms with Crippen LogP contribution in [0.4, 0.5) is 18.9 Å². The van der Waals surface area contributed by atoms with Crippen molar-refractivity contribution < 1.29 is 28.1 Å². The third-order valence-corrected chi connectivity index (χ3v) is 3.07. The van der Waals surface area contributed by atoms with Crippen molar-refractivity contribution in [2.75, 3.05) is 18.5 Å². The molecule has 0 saturated carbocycles. The quantitative estimate of drug-likeness (QED) is 0.763. The van der Waals surface area contributed by atoms with E-state index in [9.17, 15) is 18.3 Å². The SMILES string of the molecule is OCC(O)CNc1ccccc1-c1ccccc1OC(F)(F)F. The molecular formula is C16H16F3NO3. The first kappa shape index (κ1) is 17.1. The Kier molecular flexibility index (Phi) is 5.46. The Morgan fingerprint density at radius 3 is 2.26 bits per heavy atom. The van der Waals surface area contributed by atoms with Crippen LogP contribution in [-0.2, 0) is 0 Å². The smallest absolute Gasteiger partial charge is 0.405 e. The number of rotatable bonds is 6. The number of hydrogen-bond acceptors (Lipinski definition) is 4. The van der Waals surface area contributed by atoms with Crippen molar-refractivity contribution in [3.63, 3.8) is 0 Å². The minimum atomic E-state index is -4.79. The van der Waals surface area contributed by atoms with Crippen LogP contribution >= 0.6 is 0 Å². The number of halogens is 3. The summed E-state index contributed by atoms with van der Waals surface area (Å²) >= 11 is 0. The average molecular weight is 327 g/mol. The summed E-state index contributed by atoms with van der Waals surface area (Å²) in [4.78, 5) is 0. The van der Waals surface area contributed by atoms with E-state index in [1.807, 2.05) is 0 Å². The van der Waals surface area contributed by atoms with Crippen molar-refractivity contribution >= 4 is 5.69 Å². The molecule has 1 unspecified atom stereocenters. The Morgan fingerprint density at radius 1 is 1.00 bits per heavy atom. The van der Waals surface area contributed by atoms with Crippen molar-refractivity contribution in [1.29, 1.82) is 0 Å². The highest BCUT2D eigenvalue weighted by Crippen LogP contribution is 2.37. The minimum Gasteiger partial charge on any atom is -0.405 e. The van der Waals surface area contributed by atoms with E-state index in [2.05, 4.69) is 10.1 Å². The van der Waals surface area contributed by atoms with Crippen LogP contribution in [0.5, 0.6) is 5.75 Å². The van der Waals surface area contributed by atoms with Crippen molar-refractivity contribution in [1.82, 2.24) is 0 Å². The fourth-order valence-corrected chi connectivity index (χ4v) is 2.07. The highest BCUT2D eigenvalue weighted by atomic mass is 19.4. The Hall–Kier alpha value is -2.25. The second kappa shape index (κ2) is 7.34. The van der Waals surface area contributed by atoms with Crippen LogP contribution in [-0.4, -0.2) is 35.8 Å². The fraction of sp³-hybridized carbons (Fsp3) is 0.250. The molecule has 0 amide bonds. The second-order valence-corrected chi connectivity index (χ2v) is 4.81. The molecule has 0 spiro atoms. The largest absolute Gasteiger partial charge is 0.573 e. The summed E-state index contributed by atoms with van der Waals surface area (Å²) in [6.45, 7) is -0.348. The molecule has 1 atom stereocenters. The molecule has 2 aromatic rings. The summed E-state index contributed by atoms with van der Waals surface area (Å²) in [5.74, 6) is -0.308. The summed E-state index contributed by atoms with van der Waals surface area (Å²) in [5.41, 5.74) is 1.29. The van der Waals surface area contributed by atoms with Gasteiger partial charge in [-0.25, -0.2) is 0 Å². The lowest BCUT2D eigenvalue weighted by molar-refractivity contribution is -0.274. The van der Waals surface area contributed by atoms with Gasteiger partial charge >= 0.3 is 6.36 Å². The molecule has 7 heteroatoms. The third-order valence-electron chi connectivity index (χ3n) is 3.07. The summed E-state index contributed by atoms with van der Waals surface area (Å²) < 4.78 is 41.7. The fourth-order valence-electron chi connectivity index (χ4n) is 2.07. The van der Waals surface area contributed by atoms with Crippen LogP contribution in [0.3, 0.4) is 0 Å². The zero-order valence-electron chi connectivity index (χ0n) is 12.0. The molecule has 0 saturated heterocycles. The van der Waals surface area contributed by atoms with Gasteiger partial charge in [0.25, 0.3) is 0 Å². The lowest BCUT2D eigenvalue weighted by atomic mass is 10.0. The molecule has 4 nitrogen and oxygen atoms in total. The van der Waals surface area contributed by atoms with Crippen LogP contribution in [0.15, 0.2) is 48.5 Å². The first-order valence-electron chi connectivity index (χ1n) is 6.87. The van der Waals surface area contributed by atoms with Gasteiger partial charge in [-0.05, 0) is 12.1 Å². The number of hydrogen-bond donors (Lipinski definition) is 3. The maximum absolute atomic E-state index is 12.5. The topological polar surface area (TPSA) is 61.7 Å². The maximum atomic E-state index is 12.5. The first-order valence-corrected chi connectivity index (χ1v) is 6.87. The standard InChI is InChI=1S/C16H16F3NO3/c17-16(18,19)23-15-8-4-2-6-13(15)12-5-1-3-7-14(12)20-9-11(22)10-21/h1-8,11,20-22H,9-10H2. The monoisotopic (exact) mass is 327 g/mol. The molecule has 2 aromatic carbocycles. The van der Waals surface area contributed by atoms with Crippen LogP contribution in [0.1, 0.15) is 0 Å². The predicted octanol–water partition coefficient (Wildman–Crippen LogP) is 3.02. The van der Waals surface area contributed by atoms with Crippen LogP contribution < -0.4 is 10.1 Å². The van der Waals surface area contributed by atoms with Gasteiger partial charge in [-0.15, -0.1) is 13.2 Å². The molecule has 0 bridgehead atoms. The zero-order chi connectivity index (χ0) is 16.9. The molecular weight excluding hydrogens is 311 g/mol. The van der Waals surface area contributed by atoms with Gasteiger partial charge in [0.05, 0.1) is 12.7 Å². The van der Waals surface area contributed by atoms with Crippen molar-refractivity contribution in [2.45, 2.75) is 12.5 Å². The van der Waals surface area contributed by atoms with Gasteiger partial charge < -0.3 is 20.3 Å². The van der Waals surface area contributed by atoms with E-state index in [1.165, 1.54) is 18.2 Å². The number of alkyl halides is 3. The summed E-state index contributed by atoms with van der Waals surface area (Å²) in [7, 11) is 0. The lowest BCUT2D eigenvalue weighted by Crippen LogP contribution is -2.23. The third kappa shape index (κ3) is 4.87. The Bertz CT molecular complexity index is 646. The zero-order valence-corrected chi connectivity index (χ0v) is 12.0. The van der Waals surface area contributed by atoms with Gasteiger partial charge in [0.1, 0.15) is 5.75 Å². The number of nitrogens with one attached hydrogen (secondary N) is 1. The van der Waals surface area contributed by atoms with E-state index in [-0.39, 0.29) is 17.9 Å².